The number of anilines is 2. The summed E-state index contributed by atoms with van der Waals surface area (Å²) in [6.07, 6.45) is 1.90. The van der Waals surface area contributed by atoms with E-state index in [-0.39, 0.29) is 5.91 Å². The highest BCUT2D eigenvalue weighted by atomic mass is 16.5. The van der Waals surface area contributed by atoms with Crippen molar-refractivity contribution in [3.63, 3.8) is 0 Å². The quantitative estimate of drug-likeness (QED) is 0.714. The Morgan fingerprint density at radius 3 is 2.65 bits per heavy atom. The molecule has 0 saturated carbocycles. The van der Waals surface area contributed by atoms with Crippen LogP contribution in [0.1, 0.15) is 26.7 Å². The molecule has 0 unspecified atom stereocenters. The summed E-state index contributed by atoms with van der Waals surface area (Å²) in [5, 5.41) is 2.64. The lowest BCUT2D eigenvalue weighted by molar-refractivity contribution is -0.119. The van der Waals surface area contributed by atoms with Crippen LogP contribution in [-0.4, -0.2) is 32.7 Å². The molecular weight excluding hydrogens is 254 g/mol. The van der Waals surface area contributed by atoms with Gasteiger partial charge in [0.05, 0.1) is 13.2 Å². The lowest BCUT2D eigenvalue weighted by Crippen LogP contribution is -2.36. The van der Waals surface area contributed by atoms with Gasteiger partial charge in [0.2, 0.25) is 5.91 Å². The van der Waals surface area contributed by atoms with Crippen LogP contribution in [-0.2, 0) is 4.79 Å². The third-order valence-corrected chi connectivity index (χ3v) is 2.86. The summed E-state index contributed by atoms with van der Waals surface area (Å²) in [4.78, 5) is 13.6. The van der Waals surface area contributed by atoms with Crippen LogP contribution < -0.4 is 20.7 Å². The summed E-state index contributed by atoms with van der Waals surface area (Å²) in [5.41, 5.74) is 7.48. The Bertz CT molecular complexity index is 435. The van der Waals surface area contributed by atoms with Gasteiger partial charge >= 0.3 is 0 Å². The first-order valence-electron chi connectivity index (χ1n) is 7.09. The molecule has 0 radical (unpaired) electrons. The largest absolute Gasteiger partial charge is 0.493 e. The average Bonchev–Trinajstić information content (AvgIpc) is 2.43. The molecule has 20 heavy (non-hydrogen) atoms. The molecule has 0 aliphatic rings. The number of likely N-dealkylation sites (N-methyl/N-ethyl adjacent to an activating group) is 1. The van der Waals surface area contributed by atoms with Crippen LogP contribution in [0.2, 0.25) is 0 Å². The first-order valence-corrected chi connectivity index (χ1v) is 7.09. The molecule has 5 heteroatoms. The number of nitrogens with two attached hydrogens (primary N) is 1. The van der Waals surface area contributed by atoms with Crippen molar-refractivity contribution in [3.05, 3.63) is 18.2 Å². The van der Waals surface area contributed by atoms with Gasteiger partial charge in [0, 0.05) is 37.1 Å². The normalized spacial score (nSPS) is 10.2. The Morgan fingerprint density at radius 1 is 1.30 bits per heavy atom. The zero-order valence-corrected chi connectivity index (χ0v) is 12.6. The summed E-state index contributed by atoms with van der Waals surface area (Å²) in [6, 6.07) is 5.62. The molecule has 0 saturated heterocycles. The summed E-state index contributed by atoms with van der Waals surface area (Å²) < 4.78 is 5.63. The zero-order valence-electron chi connectivity index (χ0n) is 12.6. The van der Waals surface area contributed by atoms with Crippen molar-refractivity contribution in [2.24, 2.45) is 0 Å². The van der Waals surface area contributed by atoms with Gasteiger partial charge in [-0.25, -0.2) is 0 Å². The molecule has 5 nitrogen and oxygen atoms in total. The van der Waals surface area contributed by atoms with Crippen LogP contribution in [0.3, 0.4) is 0 Å². The SMILES string of the molecule is CCCOc1cc(N)cc(N(CCC)CC(=O)NC)c1. The summed E-state index contributed by atoms with van der Waals surface area (Å²) in [6.45, 7) is 5.91. The number of benzene rings is 1. The Balaban J connectivity index is 2.93. The summed E-state index contributed by atoms with van der Waals surface area (Å²) >= 11 is 0. The van der Waals surface area contributed by atoms with Crippen LogP contribution in [0.15, 0.2) is 18.2 Å². The van der Waals surface area contributed by atoms with Gasteiger partial charge < -0.3 is 20.7 Å². The zero-order chi connectivity index (χ0) is 15.0. The Hall–Kier alpha value is -1.91. The highest BCUT2D eigenvalue weighted by Crippen LogP contribution is 2.26. The molecule has 0 aromatic heterocycles. The molecule has 0 atom stereocenters. The maximum atomic E-state index is 11.6. The fraction of sp³-hybridized carbons (Fsp3) is 0.533. The fourth-order valence-electron chi connectivity index (χ4n) is 1.91. The number of nitrogens with zero attached hydrogens (tertiary/aromatic N) is 1. The molecule has 0 bridgehead atoms. The van der Waals surface area contributed by atoms with Crippen LogP contribution in [0.4, 0.5) is 11.4 Å². The number of carbonyl (C=O) groups is 1. The Kier molecular flexibility index (Phi) is 6.70. The van der Waals surface area contributed by atoms with Crippen molar-refractivity contribution >= 4 is 17.3 Å². The topological polar surface area (TPSA) is 67.6 Å². The van der Waals surface area contributed by atoms with E-state index in [1.165, 1.54) is 0 Å². The number of nitrogen functional groups attached to an aromatic ring is 1. The fourth-order valence-corrected chi connectivity index (χ4v) is 1.91. The smallest absolute Gasteiger partial charge is 0.239 e. The number of rotatable bonds is 8. The van der Waals surface area contributed by atoms with E-state index < -0.39 is 0 Å². The lowest BCUT2D eigenvalue weighted by atomic mass is 10.2. The molecule has 1 aromatic rings. The van der Waals surface area contributed by atoms with Gasteiger partial charge in [0.25, 0.3) is 0 Å². The summed E-state index contributed by atoms with van der Waals surface area (Å²) in [5.74, 6) is 0.733. The molecule has 1 aromatic carbocycles. The third-order valence-electron chi connectivity index (χ3n) is 2.86. The van der Waals surface area contributed by atoms with E-state index in [4.69, 9.17) is 10.5 Å². The molecule has 0 heterocycles. The van der Waals surface area contributed by atoms with Gasteiger partial charge in [-0.2, -0.15) is 0 Å². The van der Waals surface area contributed by atoms with Crippen molar-refractivity contribution in [1.29, 1.82) is 0 Å². The second kappa shape index (κ2) is 8.30. The minimum absolute atomic E-state index is 0.0168. The number of nitrogens with one attached hydrogen (secondary N) is 1. The van der Waals surface area contributed by atoms with Crippen LogP contribution in [0.5, 0.6) is 5.75 Å². The van der Waals surface area contributed by atoms with Gasteiger partial charge in [0.15, 0.2) is 0 Å². The monoisotopic (exact) mass is 279 g/mol. The molecule has 1 rings (SSSR count). The highest BCUT2D eigenvalue weighted by molar-refractivity contribution is 5.81. The van der Waals surface area contributed by atoms with Gasteiger partial charge in [0.1, 0.15) is 5.75 Å². The van der Waals surface area contributed by atoms with Gasteiger partial charge in [-0.1, -0.05) is 13.8 Å². The van der Waals surface area contributed by atoms with E-state index >= 15 is 0 Å². The minimum atomic E-state index is -0.0168. The number of amides is 1. The molecule has 1 amide bonds. The van der Waals surface area contributed by atoms with Crippen molar-refractivity contribution in [1.82, 2.24) is 5.32 Å². The number of hydrogen-bond donors (Lipinski definition) is 2. The molecule has 0 spiro atoms. The lowest BCUT2D eigenvalue weighted by Gasteiger charge is -2.24. The molecular formula is C15H25N3O2. The van der Waals surface area contributed by atoms with E-state index in [2.05, 4.69) is 19.2 Å². The molecule has 0 fully saturated rings. The van der Waals surface area contributed by atoms with E-state index in [1.54, 1.807) is 7.05 Å². The van der Waals surface area contributed by atoms with Gasteiger partial charge in [-0.15, -0.1) is 0 Å². The standard InChI is InChI=1S/C15H25N3O2/c1-4-6-18(11-15(19)17-3)13-8-12(16)9-14(10-13)20-7-5-2/h8-10H,4-7,11,16H2,1-3H3,(H,17,19). The first kappa shape index (κ1) is 16.1. The van der Waals surface area contributed by atoms with E-state index in [0.717, 1.165) is 30.8 Å². The van der Waals surface area contributed by atoms with Gasteiger partial charge in [-0.3, -0.25) is 4.79 Å². The Labute approximate surface area is 121 Å². The number of ether oxygens (including phenoxy) is 1. The van der Waals surface area contributed by atoms with Crippen molar-refractivity contribution in [2.45, 2.75) is 26.7 Å². The summed E-state index contributed by atoms with van der Waals surface area (Å²) in [7, 11) is 1.64. The predicted molar refractivity (Wildman–Crippen MR) is 83.2 cm³/mol. The molecule has 0 aliphatic carbocycles. The molecule has 112 valence electrons. The average molecular weight is 279 g/mol. The minimum Gasteiger partial charge on any atom is -0.493 e. The van der Waals surface area contributed by atoms with Crippen LogP contribution in [0.25, 0.3) is 0 Å². The maximum absolute atomic E-state index is 11.6. The van der Waals surface area contributed by atoms with E-state index in [9.17, 15) is 4.79 Å². The van der Waals surface area contributed by atoms with E-state index in [1.807, 2.05) is 23.1 Å². The third kappa shape index (κ3) is 4.99. The first-order chi connectivity index (χ1) is 9.60. The van der Waals surface area contributed by atoms with Crippen LogP contribution in [0, 0.1) is 0 Å². The Morgan fingerprint density at radius 2 is 2.05 bits per heavy atom. The van der Waals surface area contributed by atoms with Crippen molar-refractivity contribution < 1.29 is 9.53 Å². The van der Waals surface area contributed by atoms with Gasteiger partial charge in [-0.05, 0) is 18.9 Å². The molecule has 0 aliphatic heterocycles. The molecule has 3 N–H and O–H groups in total. The maximum Gasteiger partial charge on any atom is 0.239 e. The van der Waals surface area contributed by atoms with Crippen molar-refractivity contribution in [3.8, 4) is 5.75 Å². The second-order valence-electron chi connectivity index (χ2n) is 4.70. The van der Waals surface area contributed by atoms with E-state index in [0.29, 0.717) is 18.8 Å². The highest BCUT2D eigenvalue weighted by Gasteiger charge is 2.11. The van der Waals surface area contributed by atoms with Crippen molar-refractivity contribution in [2.75, 3.05) is 37.4 Å². The predicted octanol–water partition coefficient (Wildman–Crippen LogP) is 2.02. The van der Waals surface area contributed by atoms with Crippen LogP contribution >= 0.6 is 0 Å². The number of hydrogen-bond acceptors (Lipinski definition) is 4. The second-order valence-corrected chi connectivity index (χ2v) is 4.70. The number of carbonyl (C=O) groups excluding carboxylic acids is 1.